The minimum atomic E-state index is -0.0891. The molecule has 1 aliphatic heterocycles. The number of ether oxygens (including phenoxy) is 1. The van der Waals surface area contributed by atoms with E-state index in [1.54, 1.807) is 17.4 Å². The Bertz CT molecular complexity index is 1060. The molecular weight excluding hydrogens is 394 g/mol. The maximum absolute atomic E-state index is 11.5. The summed E-state index contributed by atoms with van der Waals surface area (Å²) in [5, 5.41) is 3.16. The maximum atomic E-state index is 11.5. The molecule has 1 N–H and O–H groups in total. The second-order valence-corrected chi connectivity index (χ2v) is 8.91. The summed E-state index contributed by atoms with van der Waals surface area (Å²) in [7, 11) is 0. The van der Waals surface area contributed by atoms with Crippen LogP contribution < -0.4 is 10.3 Å². The van der Waals surface area contributed by atoms with Gasteiger partial charge in [-0.3, -0.25) is 9.69 Å². The van der Waals surface area contributed by atoms with Gasteiger partial charge in [0.1, 0.15) is 5.75 Å². The quantitative estimate of drug-likeness (QED) is 0.548. The number of pyridine rings is 1. The van der Waals surface area contributed by atoms with Crippen molar-refractivity contribution in [1.29, 1.82) is 0 Å². The number of hydrogen-bond donors (Lipinski definition) is 1. The SMILES string of the molecule is C=C(c1ccsc1C)N1CCN(CCCCOc2ccc3ccc(=O)[nH]c3c2)CC1. The summed E-state index contributed by atoms with van der Waals surface area (Å²) < 4.78 is 5.89. The molecule has 3 heterocycles. The maximum Gasteiger partial charge on any atom is 0.248 e. The lowest BCUT2D eigenvalue weighted by atomic mass is 10.1. The van der Waals surface area contributed by atoms with E-state index in [0.717, 1.165) is 62.2 Å². The van der Waals surface area contributed by atoms with E-state index >= 15 is 0 Å². The van der Waals surface area contributed by atoms with Crippen LogP contribution in [0.5, 0.6) is 5.75 Å². The third kappa shape index (κ3) is 4.94. The van der Waals surface area contributed by atoms with Crippen LogP contribution in [0, 0.1) is 6.92 Å². The lowest BCUT2D eigenvalue weighted by molar-refractivity contribution is 0.170. The van der Waals surface area contributed by atoms with Gasteiger partial charge in [0.05, 0.1) is 12.1 Å². The molecule has 0 saturated carbocycles. The highest BCUT2D eigenvalue weighted by atomic mass is 32.1. The van der Waals surface area contributed by atoms with E-state index in [0.29, 0.717) is 6.61 Å². The lowest BCUT2D eigenvalue weighted by Gasteiger charge is -2.37. The van der Waals surface area contributed by atoms with Gasteiger partial charge in [-0.1, -0.05) is 6.58 Å². The second-order valence-electron chi connectivity index (χ2n) is 7.79. The Kier molecular flexibility index (Phi) is 6.55. The molecule has 0 amide bonds. The molecule has 4 rings (SSSR count). The summed E-state index contributed by atoms with van der Waals surface area (Å²) >= 11 is 1.79. The van der Waals surface area contributed by atoms with E-state index in [-0.39, 0.29) is 5.56 Å². The summed E-state index contributed by atoms with van der Waals surface area (Å²) in [5.41, 5.74) is 3.19. The van der Waals surface area contributed by atoms with Crippen molar-refractivity contribution in [2.45, 2.75) is 19.8 Å². The van der Waals surface area contributed by atoms with Crippen LogP contribution in [0.4, 0.5) is 0 Å². The summed E-state index contributed by atoms with van der Waals surface area (Å²) in [5.74, 6) is 0.806. The topological polar surface area (TPSA) is 48.6 Å². The smallest absolute Gasteiger partial charge is 0.248 e. The largest absolute Gasteiger partial charge is 0.494 e. The monoisotopic (exact) mass is 423 g/mol. The zero-order valence-corrected chi connectivity index (χ0v) is 18.3. The first kappa shape index (κ1) is 20.7. The molecule has 5 nitrogen and oxygen atoms in total. The number of aromatic nitrogens is 1. The van der Waals surface area contributed by atoms with Gasteiger partial charge in [-0.2, -0.15) is 0 Å². The molecule has 1 saturated heterocycles. The summed E-state index contributed by atoms with van der Waals surface area (Å²) in [6.07, 6.45) is 2.14. The average molecular weight is 424 g/mol. The van der Waals surface area contributed by atoms with E-state index in [9.17, 15) is 4.79 Å². The van der Waals surface area contributed by atoms with E-state index in [1.807, 2.05) is 24.3 Å². The van der Waals surface area contributed by atoms with E-state index < -0.39 is 0 Å². The highest BCUT2D eigenvalue weighted by molar-refractivity contribution is 7.10. The number of thiophene rings is 1. The molecule has 0 spiro atoms. The third-order valence-electron chi connectivity index (χ3n) is 5.76. The number of nitrogens with zero attached hydrogens (tertiary/aromatic N) is 2. The Labute approximate surface area is 181 Å². The van der Waals surface area contributed by atoms with Gasteiger partial charge in [0, 0.05) is 54.4 Å². The number of nitrogens with one attached hydrogen (secondary N) is 1. The molecule has 3 aromatic rings. The Balaban J connectivity index is 1.16. The summed E-state index contributed by atoms with van der Waals surface area (Å²) in [6.45, 7) is 12.5. The van der Waals surface area contributed by atoms with Gasteiger partial charge in [0.25, 0.3) is 0 Å². The van der Waals surface area contributed by atoms with Crippen LogP contribution in [0.15, 0.2) is 53.2 Å². The highest BCUT2D eigenvalue weighted by Gasteiger charge is 2.19. The molecule has 0 bridgehead atoms. The Morgan fingerprint density at radius 1 is 1.13 bits per heavy atom. The van der Waals surface area contributed by atoms with Gasteiger partial charge in [-0.25, -0.2) is 0 Å². The average Bonchev–Trinajstić information content (AvgIpc) is 3.19. The fourth-order valence-electron chi connectivity index (χ4n) is 3.94. The first-order chi connectivity index (χ1) is 14.6. The number of piperazine rings is 1. The molecule has 0 radical (unpaired) electrons. The molecule has 1 aliphatic rings. The van der Waals surface area contributed by atoms with Crippen molar-refractivity contribution in [1.82, 2.24) is 14.8 Å². The van der Waals surface area contributed by atoms with Crippen LogP contribution in [-0.4, -0.2) is 54.1 Å². The van der Waals surface area contributed by atoms with Gasteiger partial charge in [-0.05, 0) is 61.3 Å². The third-order valence-corrected chi connectivity index (χ3v) is 6.60. The van der Waals surface area contributed by atoms with Crippen LogP contribution in [-0.2, 0) is 0 Å². The van der Waals surface area contributed by atoms with Gasteiger partial charge in [-0.15, -0.1) is 11.3 Å². The predicted octanol–water partition coefficient (Wildman–Crippen LogP) is 4.35. The van der Waals surface area contributed by atoms with Crippen molar-refractivity contribution in [3.8, 4) is 5.75 Å². The van der Waals surface area contributed by atoms with E-state index in [4.69, 9.17) is 4.74 Å². The van der Waals surface area contributed by atoms with Crippen molar-refractivity contribution >= 4 is 27.9 Å². The van der Waals surface area contributed by atoms with Crippen molar-refractivity contribution < 1.29 is 4.74 Å². The van der Waals surface area contributed by atoms with Crippen molar-refractivity contribution in [2.24, 2.45) is 0 Å². The van der Waals surface area contributed by atoms with Crippen molar-refractivity contribution in [3.05, 3.63) is 69.2 Å². The Morgan fingerprint density at radius 2 is 1.93 bits per heavy atom. The van der Waals surface area contributed by atoms with Crippen LogP contribution >= 0.6 is 11.3 Å². The molecular formula is C24H29N3O2S. The highest BCUT2D eigenvalue weighted by Crippen LogP contribution is 2.26. The second kappa shape index (κ2) is 9.49. The zero-order chi connectivity index (χ0) is 20.9. The molecule has 1 aromatic carbocycles. The molecule has 0 unspecified atom stereocenters. The van der Waals surface area contributed by atoms with Gasteiger partial charge < -0.3 is 14.6 Å². The van der Waals surface area contributed by atoms with Gasteiger partial charge in [0.15, 0.2) is 0 Å². The fraction of sp³-hybridized carbons (Fsp3) is 0.375. The number of aryl methyl sites for hydroxylation is 1. The molecule has 2 aromatic heterocycles. The molecule has 0 aliphatic carbocycles. The van der Waals surface area contributed by atoms with Crippen LogP contribution in [0.3, 0.4) is 0 Å². The predicted molar refractivity (Wildman–Crippen MR) is 125 cm³/mol. The number of hydrogen-bond acceptors (Lipinski definition) is 5. The molecule has 1 fully saturated rings. The minimum Gasteiger partial charge on any atom is -0.494 e. The van der Waals surface area contributed by atoms with Crippen LogP contribution in [0.2, 0.25) is 0 Å². The normalized spacial score (nSPS) is 14.9. The van der Waals surface area contributed by atoms with Gasteiger partial charge >= 0.3 is 0 Å². The summed E-state index contributed by atoms with van der Waals surface area (Å²) in [6, 6.07) is 11.4. The number of rotatable bonds is 8. The van der Waals surface area contributed by atoms with E-state index in [2.05, 4.69) is 39.7 Å². The zero-order valence-electron chi connectivity index (χ0n) is 17.5. The standard InChI is InChI=1S/C24H29N3O2S/c1-18(22-9-16-30-19(22)2)27-13-11-26(12-14-27)10-3-4-15-29-21-7-5-20-6-8-24(28)25-23(20)17-21/h5-9,16-17H,1,3-4,10-15H2,2H3,(H,25,28). The number of benzene rings is 1. The van der Waals surface area contributed by atoms with Crippen LogP contribution in [0.25, 0.3) is 16.6 Å². The molecule has 0 atom stereocenters. The van der Waals surface area contributed by atoms with Crippen LogP contribution in [0.1, 0.15) is 23.3 Å². The number of aromatic amines is 1. The Hall–Kier alpha value is -2.57. The summed E-state index contributed by atoms with van der Waals surface area (Å²) in [4.78, 5) is 20.6. The molecule has 6 heteroatoms. The minimum absolute atomic E-state index is 0.0891. The molecule has 30 heavy (non-hydrogen) atoms. The fourth-order valence-corrected chi connectivity index (χ4v) is 4.66. The number of unbranched alkanes of at least 4 members (excludes halogenated alkanes) is 1. The number of fused-ring (bicyclic) bond motifs is 1. The van der Waals surface area contributed by atoms with Gasteiger partial charge in [0.2, 0.25) is 5.56 Å². The number of H-pyrrole nitrogens is 1. The van der Waals surface area contributed by atoms with E-state index in [1.165, 1.54) is 16.1 Å². The molecule has 158 valence electrons. The Morgan fingerprint density at radius 3 is 2.70 bits per heavy atom. The first-order valence-corrected chi connectivity index (χ1v) is 11.4. The first-order valence-electron chi connectivity index (χ1n) is 10.6. The van der Waals surface area contributed by atoms with Crippen molar-refractivity contribution in [2.75, 3.05) is 39.3 Å². The van der Waals surface area contributed by atoms with Crippen molar-refractivity contribution in [3.63, 3.8) is 0 Å². The lowest BCUT2D eigenvalue weighted by Crippen LogP contribution is -2.45.